The number of hydrogen-bond acceptors (Lipinski definition) is 5. The lowest BCUT2D eigenvalue weighted by atomic mass is 10.1. The van der Waals surface area contributed by atoms with Crippen LogP contribution in [-0.2, 0) is 12.8 Å². The first-order valence-electron chi connectivity index (χ1n) is 9.07. The number of ether oxygens (including phenoxy) is 1. The lowest BCUT2D eigenvalue weighted by molar-refractivity contribution is 0.414. The van der Waals surface area contributed by atoms with E-state index in [-0.39, 0.29) is 11.9 Å². The van der Waals surface area contributed by atoms with Crippen LogP contribution in [0.15, 0.2) is 55.0 Å². The highest BCUT2D eigenvalue weighted by Crippen LogP contribution is 2.29. The summed E-state index contributed by atoms with van der Waals surface area (Å²) in [6, 6.07) is 11.6. The molecular weight excluding hydrogens is 357 g/mol. The Kier molecular flexibility index (Phi) is 3.93. The van der Waals surface area contributed by atoms with E-state index in [1.54, 1.807) is 24.0 Å². The second-order valence-corrected chi connectivity index (χ2v) is 6.90. The van der Waals surface area contributed by atoms with Crippen LogP contribution in [0.4, 0.5) is 10.2 Å². The fourth-order valence-corrected chi connectivity index (χ4v) is 3.75. The average Bonchev–Trinajstić information content (AvgIpc) is 3.33. The maximum Gasteiger partial charge on any atom is 0.157 e. The number of nitrogens with zero attached hydrogens (tertiary/aromatic N) is 4. The lowest BCUT2D eigenvalue weighted by Gasteiger charge is -2.15. The predicted molar refractivity (Wildman–Crippen MR) is 104 cm³/mol. The van der Waals surface area contributed by atoms with E-state index in [4.69, 9.17) is 4.74 Å². The van der Waals surface area contributed by atoms with Crippen molar-refractivity contribution in [1.29, 1.82) is 0 Å². The van der Waals surface area contributed by atoms with Gasteiger partial charge in [0.1, 0.15) is 17.4 Å². The molecular formula is C21H18FN5O. The molecule has 1 aromatic carbocycles. The van der Waals surface area contributed by atoms with E-state index in [9.17, 15) is 4.39 Å². The Bertz CT molecular complexity index is 1170. The number of rotatable bonds is 4. The Balaban J connectivity index is 1.48. The van der Waals surface area contributed by atoms with Crippen LogP contribution in [0.2, 0.25) is 0 Å². The second kappa shape index (κ2) is 6.60. The average molecular weight is 375 g/mol. The van der Waals surface area contributed by atoms with Crippen LogP contribution in [0.1, 0.15) is 11.1 Å². The maximum atomic E-state index is 13.6. The third-order valence-electron chi connectivity index (χ3n) is 5.06. The van der Waals surface area contributed by atoms with Gasteiger partial charge in [0.05, 0.1) is 25.2 Å². The fourth-order valence-electron chi connectivity index (χ4n) is 3.75. The van der Waals surface area contributed by atoms with Crippen molar-refractivity contribution in [2.75, 3.05) is 12.4 Å². The zero-order valence-corrected chi connectivity index (χ0v) is 15.3. The number of halogens is 1. The van der Waals surface area contributed by atoms with Gasteiger partial charge in [-0.3, -0.25) is 4.98 Å². The fraction of sp³-hybridized carbons (Fsp3) is 0.190. The number of aromatic nitrogens is 4. The van der Waals surface area contributed by atoms with Crippen LogP contribution in [0.25, 0.3) is 16.9 Å². The predicted octanol–water partition coefficient (Wildman–Crippen LogP) is 3.52. The van der Waals surface area contributed by atoms with Gasteiger partial charge in [-0.1, -0.05) is 6.07 Å². The smallest absolute Gasteiger partial charge is 0.157 e. The molecule has 1 aliphatic carbocycles. The summed E-state index contributed by atoms with van der Waals surface area (Å²) in [5, 5.41) is 7.96. The molecule has 3 heterocycles. The number of nitrogens with one attached hydrogen (secondary N) is 1. The molecule has 0 amide bonds. The molecule has 0 bridgehead atoms. The van der Waals surface area contributed by atoms with Gasteiger partial charge in [0, 0.05) is 29.9 Å². The maximum absolute atomic E-state index is 13.6. The number of fused-ring (bicyclic) bond motifs is 2. The van der Waals surface area contributed by atoms with Gasteiger partial charge >= 0.3 is 0 Å². The molecule has 4 aromatic rings. The molecule has 0 radical (unpaired) electrons. The molecule has 1 aliphatic rings. The summed E-state index contributed by atoms with van der Waals surface area (Å²) in [5.74, 6) is 1.31. The van der Waals surface area contributed by atoms with Gasteiger partial charge in [-0.05, 0) is 42.2 Å². The molecule has 7 heteroatoms. The van der Waals surface area contributed by atoms with Crippen molar-refractivity contribution in [3.8, 4) is 17.0 Å². The molecule has 0 saturated heterocycles. The zero-order valence-electron chi connectivity index (χ0n) is 15.3. The van der Waals surface area contributed by atoms with Crippen molar-refractivity contribution in [1.82, 2.24) is 19.6 Å². The molecule has 5 rings (SSSR count). The molecule has 0 spiro atoms. The van der Waals surface area contributed by atoms with Crippen molar-refractivity contribution < 1.29 is 9.13 Å². The molecule has 1 atom stereocenters. The standard InChI is InChI=1S/C21H18FN5O/c1-28-18-3-2-13-7-17(8-14(13)9-18)25-21-10-19(15-6-16(22)12-23-11-15)26-20-4-5-24-27(20)21/h2-6,9-12,17,25H,7-8H2,1H3. The van der Waals surface area contributed by atoms with Gasteiger partial charge in [-0.15, -0.1) is 0 Å². The first kappa shape index (κ1) is 16.7. The van der Waals surface area contributed by atoms with E-state index in [2.05, 4.69) is 32.5 Å². The Hall–Kier alpha value is -3.48. The van der Waals surface area contributed by atoms with Gasteiger partial charge in [-0.25, -0.2) is 9.37 Å². The summed E-state index contributed by atoms with van der Waals surface area (Å²) in [4.78, 5) is 8.52. The van der Waals surface area contributed by atoms with Gasteiger partial charge in [-0.2, -0.15) is 9.61 Å². The minimum Gasteiger partial charge on any atom is -0.497 e. The van der Waals surface area contributed by atoms with Gasteiger partial charge in [0.15, 0.2) is 5.65 Å². The highest BCUT2D eigenvalue weighted by Gasteiger charge is 2.23. The van der Waals surface area contributed by atoms with Crippen molar-refractivity contribution in [3.63, 3.8) is 0 Å². The molecule has 1 N–H and O–H groups in total. The largest absolute Gasteiger partial charge is 0.497 e. The first-order valence-corrected chi connectivity index (χ1v) is 9.07. The third kappa shape index (κ3) is 2.94. The van der Waals surface area contributed by atoms with E-state index in [1.165, 1.54) is 23.4 Å². The Morgan fingerprint density at radius 3 is 2.86 bits per heavy atom. The van der Waals surface area contributed by atoms with Crippen LogP contribution in [-0.4, -0.2) is 32.7 Å². The minimum absolute atomic E-state index is 0.232. The number of pyridine rings is 1. The van der Waals surface area contributed by atoms with Crippen molar-refractivity contribution in [3.05, 3.63) is 71.9 Å². The van der Waals surface area contributed by atoms with Crippen molar-refractivity contribution >= 4 is 11.5 Å². The monoisotopic (exact) mass is 375 g/mol. The van der Waals surface area contributed by atoms with Crippen LogP contribution in [0, 0.1) is 5.82 Å². The molecule has 28 heavy (non-hydrogen) atoms. The van der Waals surface area contributed by atoms with Gasteiger partial charge < -0.3 is 10.1 Å². The Morgan fingerprint density at radius 1 is 1.11 bits per heavy atom. The second-order valence-electron chi connectivity index (χ2n) is 6.90. The summed E-state index contributed by atoms with van der Waals surface area (Å²) >= 11 is 0. The minimum atomic E-state index is -0.387. The normalized spacial score (nSPS) is 15.6. The number of anilines is 1. The lowest BCUT2D eigenvalue weighted by Crippen LogP contribution is -2.21. The third-order valence-corrected chi connectivity index (χ3v) is 5.06. The summed E-state index contributed by atoms with van der Waals surface area (Å²) in [6.07, 6.45) is 6.31. The SMILES string of the molecule is COc1ccc2c(c1)CC(Nc1cc(-c3cncc(F)c3)nc3ccnn13)C2. The quantitative estimate of drug-likeness (QED) is 0.591. The van der Waals surface area contributed by atoms with Crippen molar-refractivity contribution in [2.45, 2.75) is 18.9 Å². The van der Waals surface area contributed by atoms with Gasteiger partial charge in [0.2, 0.25) is 0 Å². The molecule has 6 nitrogen and oxygen atoms in total. The molecule has 3 aromatic heterocycles. The molecule has 0 aliphatic heterocycles. The van der Waals surface area contributed by atoms with E-state index in [0.29, 0.717) is 16.9 Å². The van der Waals surface area contributed by atoms with Crippen LogP contribution >= 0.6 is 0 Å². The summed E-state index contributed by atoms with van der Waals surface area (Å²) < 4.78 is 20.7. The highest BCUT2D eigenvalue weighted by molar-refractivity contribution is 5.66. The van der Waals surface area contributed by atoms with Crippen LogP contribution in [0.5, 0.6) is 5.75 Å². The van der Waals surface area contributed by atoms with Crippen molar-refractivity contribution in [2.24, 2.45) is 0 Å². The van der Waals surface area contributed by atoms with E-state index in [1.807, 2.05) is 18.2 Å². The Labute approximate surface area is 161 Å². The number of benzene rings is 1. The number of hydrogen-bond donors (Lipinski definition) is 1. The molecule has 0 fully saturated rings. The van der Waals surface area contributed by atoms with Crippen LogP contribution in [0.3, 0.4) is 0 Å². The molecule has 1 unspecified atom stereocenters. The summed E-state index contributed by atoms with van der Waals surface area (Å²) in [5.41, 5.74) is 4.59. The zero-order chi connectivity index (χ0) is 19.1. The van der Waals surface area contributed by atoms with E-state index in [0.717, 1.165) is 24.4 Å². The molecule has 140 valence electrons. The summed E-state index contributed by atoms with van der Waals surface area (Å²) in [6.45, 7) is 0. The van der Waals surface area contributed by atoms with Gasteiger partial charge in [0.25, 0.3) is 0 Å². The highest BCUT2D eigenvalue weighted by atomic mass is 19.1. The Morgan fingerprint density at radius 2 is 2.00 bits per heavy atom. The number of methoxy groups -OCH3 is 1. The van der Waals surface area contributed by atoms with E-state index >= 15 is 0 Å². The van der Waals surface area contributed by atoms with E-state index < -0.39 is 0 Å². The van der Waals surface area contributed by atoms with Crippen LogP contribution < -0.4 is 10.1 Å². The summed E-state index contributed by atoms with van der Waals surface area (Å²) in [7, 11) is 1.68. The first-order chi connectivity index (χ1) is 13.7. The molecule has 0 saturated carbocycles. The topological polar surface area (TPSA) is 64.3 Å².